The lowest BCUT2D eigenvalue weighted by molar-refractivity contribution is 0.310. The Kier molecular flexibility index (Phi) is 4.46. The maximum absolute atomic E-state index is 14.2. The summed E-state index contributed by atoms with van der Waals surface area (Å²) in [7, 11) is 0. The quantitative estimate of drug-likeness (QED) is 0.901. The van der Waals surface area contributed by atoms with Crippen molar-refractivity contribution in [2.75, 3.05) is 18.0 Å². The highest BCUT2D eigenvalue weighted by molar-refractivity contribution is 5.56. The number of hydrogen-bond donors (Lipinski definition) is 1. The van der Waals surface area contributed by atoms with E-state index in [2.05, 4.69) is 18.7 Å². The maximum Gasteiger partial charge on any atom is 0.146 e. The third kappa shape index (κ3) is 3.08. The number of para-hydroxylation sites is 1. The molecule has 1 aliphatic heterocycles. The van der Waals surface area contributed by atoms with Gasteiger partial charge in [-0.25, -0.2) is 4.39 Å². The second-order valence-corrected chi connectivity index (χ2v) is 6.03. The van der Waals surface area contributed by atoms with Crippen LogP contribution in [-0.2, 0) is 0 Å². The van der Waals surface area contributed by atoms with Gasteiger partial charge in [0.25, 0.3) is 0 Å². The predicted octanol–water partition coefficient (Wildman–Crippen LogP) is 3.72. The average molecular weight is 264 g/mol. The fourth-order valence-corrected chi connectivity index (χ4v) is 3.02. The molecule has 1 aliphatic rings. The largest absolute Gasteiger partial charge is 0.369 e. The molecule has 19 heavy (non-hydrogen) atoms. The summed E-state index contributed by atoms with van der Waals surface area (Å²) < 4.78 is 14.2. The minimum atomic E-state index is -0.141. The van der Waals surface area contributed by atoms with Gasteiger partial charge in [0.1, 0.15) is 5.82 Å². The van der Waals surface area contributed by atoms with Crippen molar-refractivity contribution in [3.63, 3.8) is 0 Å². The summed E-state index contributed by atoms with van der Waals surface area (Å²) in [6.07, 6.45) is 2.29. The maximum atomic E-state index is 14.2. The molecule has 1 atom stereocenters. The van der Waals surface area contributed by atoms with Gasteiger partial charge in [0, 0.05) is 19.1 Å². The lowest BCUT2D eigenvalue weighted by Gasteiger charge is -2.36. The molecule has 1 saturated heterocycles. The summed E-state index contributed by atoms with van der Waals surface area (Å²) in [6, 6.07) is 5.10. The van der Waals surface area contributed by atoms with Gasteiger partial charge in [-0.2, -0.15) is 0 Å². The molecule has 1 fully saturated rings. The Bertz CT molecular complexity index is 421. The summed E-state index contributed by atoms with van der Waals surface area (Å²) in [5, 5.41) is 0. The van der Waals surface area contributed by atoms with Gasteiger partial charge in [0.05, 0.1) is 5.69 Å². The van der Waals surface area contributed by atoms with Crippen LogP contribution in [-0.4, -0.2) is 13.1 Å². The van der Waals surface area contributed by atoms with Crippen molar-refractivity contribution in [1.29, 1.82) is 0 Å². The first kappa shape index (κ1) is 14.3. The van der Waals surface area contributed by atoms with Gasteiger partial charge in [-0.05, 0) is 43.2 Å². The second kappa shape index (κ2) is 5.91. The van der Waals surface area contributed by atoms with Crippen LogP contribution in [0.25, 0.3) is 0 Å². The Morgan fingerprint density at radius 3 is 2.37 bits per heavy atom. The zero-order chi connectivity index (χ0) is 14.0. The molecule has 0 amide bonds. The number of piperidine rings is 1. The highest BCUT2D eigenvalue weighted by atomic mass is 19.1. The molecular formula is C16H25FN2. The summed E-state index contributed by atoms with van der Waals surface area (Å²) in [4.78, 5) is 2.17. The zero-order valence-electron chi connectivity index (χ0n) is 12.2. The molecule has 1 aromatic rings. The molecule has 2 rings (SSSR count). The molecule has 1 aromatic carbocycles. The minimum absolute atomic E-state index is 0.131. The Morgan fingerprint density at radius 2 is 1.84 bits per heavy atom. The molecule has 1 heterocycles. The molecule has 0 spiro atoms. The molecule has 0 saturated carbocycles. The van der Waals surface area contributed by atoms with E-state index >= 15 is 0 Å². The number of hydrogen-bond acceptors (Lipinski definition) is 2. The Labute approximate surface area is 115 Å². The fraction of sp³-hybridized carbons (Fsp3) is 0.625. The molecule has 2 nitrogen and oxygen atoms in total. The van der Waals surface area contributed by atoms with E-state index in [1.165, 1.54) is 6.07 Å². The van der Waals surface area contributed by atoms with Crippen molar-refractivity contribution in [3.05, 3.63) is 29.6 Å². The van der Waals surface area contributed by atoms with Crippen LogP contribution in [0.3, 0.4) is 0 Å². The third-order valence-corrected chi connectivity index (χ3v) is 4.31. The molecular weight excluding hydrogens is 239 g/mol. The van der Waals surface area contributed by atoms with E-state index in [1.54, 1.807) is 6.07 Å². The zero-order valence-corrected chi connectivity index (χ0v) is 12.2. The second-order valence-electron chi connectivity index (χ2n) is 6.03. The molecule has 3 heteroatoms. The highest BCUT2D eigenvalue weighted by Gasteiger charge is 2.25. The smallest absolute Gasteiger partial charge is 0.146 e. The Hall–Kier alpha value is -1.09. The van der Waals surface area contributed by atoms with Crippen LogP contribution in [0.15, 0.2) is 18.2 Å². The first-order valence-corrected chi connectivity index (χ1v) is 7.29. The summed E-state index contributed by atoms with van der Waals surface area (Å²) >= 11 is 0. The lowest BCUT2D eigenvalue weighted by Crippen LogP contribution is -2.36. The summed E-state index contributed by atoms with van der Waals surface area (Å²) in [6.45, 7) is 8.33. The standard InChI is InChI=1S/C16H25FN2/c1-11(2)13-7-9-19(10-8-13)16-14(12(3)18)5-4-6-15(16)17/h4-6,11-13H,7-10,18H2,1-3H3. The van der Waals surface area contributed by atoms with Gasteiger partial charge < -0.3 is 10.6 Å². The van der Waals surface area contributed by atoms with Gasteiger partial charge >= 0.3 is 0 Å². The topological polar surface area (TPSA) is 29.3 Å². The van der Waals surface area contributed by atoms with E-state index in [-0.39, 0.29) is 11.9 Å². The monoisotopic (exact) mass is 264 g/mol. The molecule has 0 bridgehead atoms. The van der Waals surface area contributed by atoms with Crippen molar-refractivity contribution in [2.45, 2.75) is 39.7 Å². The van der Waals surface area contributed by atoms with E-state index in [1.807, 2.05) is 13.0 Å². The van der Waals surface area contributed by atoms with Crippen LogP contribution < -0.4 is 10.6 Å². The van der Waals surface area contributed by atoms with Crippen molar-refractivity contribution in [1.82, 2.24) is 0 Å². The first-order valence-electron chi connectivity index (χ1n) is 7.29. The number of rotatable bonds is 3. The SMILES string of the molecule is CC(N)c1cccc(F)c1N1CCC(C(C)C)CC1. The third-order valence-electron chi connectivity index (χ3n) is 4.31. The minimum Gasteiger partial charge on any atom is -0.369 e. The molecule has 0 aliphatic carbocycles. The van der Waals surface area contributed by atoms with Crippen molar-refractivity contribution < 1.29 is 4.39 Å². The number of nitrogens with two attached hydrogens (primary N) is 1. The van der Waals surface area contributed by atoms with E-state index < -0.39 is 0 Å². The lowest BCUT2D eigenvalue weighted by atomic mass is 9.86. The number of benzene rings is 1. The van der Waals surface area contributed by atoms with Crippen LogP contribution in [0, 0.1) is 17.7 Å². The number of halogens is 1. The van der Waals surface area contributed by atoms with E-state index in [4.69, 9.17) is 5.73 Å². The molecule has 2 N–H and O–H groups in total. The highest BCUT2D eigenvalue weighted by Crippen LogP contribution is 2.33. The van der Waals surface area contributed by atoms with E-state index in [0.29, 0.717) is 0 Å². The van der Waals surface area contributed by atoms with E-state index in [9.17, 15) is 4.39 Å². The van der Waals surface area contributed by atoms with Gasteiger partial charge in [-0.15, -0.1) is 0 Å². The van der Waals surface area contributed by atoms with Gasteiger partial charge in [0.2, 0.25) is 0 Å². The van der Waals surface area contributed by atoms with Crippen LogP contribution in [0.4, 0.5) is 10.1 Å². The molecule has 1 unspecified atom stereocenters. The van der Waals surface area contributed by atoms with Crippen LogP contribution in [0.5, 0.6) is 0 Å². The van der Waals surface area contributed by atoms with Gasteiger partial charge in [-0.3, -0.25) is 0 Å². The fourth-order valence-electron chi connectivity index (χ4n) is 3.02. The number of anilines is 1. The molecule has 106 valence electrons. The van der Waals surface area contributed by atoms with Gasteiger partial charge in [-0.1, -0.05) is 26.0 Å². The summed E-state index contributed by atoms with van der Waals surface area (Å²) in [5.41, 5.74) is 7.61. The molecule has 0 aromatic heterocycles. The number of nitrogens with zero attached hydrogens (tertiary/aromatic N) is 1. The average Bonchev–Trinajstić information content (AvgIpc) is 2.38. The van der Waals surface area contributed by atoms with Crippen LogP contribution in [0.2, 0.25) is 0 Å². The first-order chi connectivity index (χ1) is 9.00. The summed E-state index contributed by atoms with van der Waals surface area (Å²) in [5.74, 6) is 1.34. The van der Waals surface area contributed by atoms with Crippen LogP contribution in [0.1, 0.15) is 45.2 Å². The van der Waals surface area contributed by atoms with Crippen molar-refractivity contribution in [2.24, 2.45) is 17.6 Å². The van der Waals surface area contributed by atoms with Gasteiger partial charge in [0.15, 0.2) is 0 Å². The Morgan fingerprint density at radius 1 is 1.21 bits per heavy atom. The van der Waals surface area contributed by atoms with Crippen molar-refractivity contribution >= 4 is 5.69 Å². The van der Waals surface area contributed by atoms with E-state index in [0.717, 1.165) is 49.0 Å². The normalized spacial score (nSPS) is 18.9. The Balaban J connectivity index is 2.19. The molecule has 0 radical (unpaired) electrons. The van der Waals surface area contributed by atoms with Crippen molar-refractivity contribution in [3.8, 4) is 0 Å². The predicted molar refractivity (Wildman–Crippen MR) is 78.8 cm³/mol. The van der Waals surface area contributed by atoms with Crippen LogP contribution >= 0.6 is 0 Å².